The molecule has 3 aliphatic carbocycles. The minimum atomic E-state index is -0.999. The predicted octanol–water partition coefficient (Wildman–Crippen LogP) is 4.27. The molecule has 47 heavy (non-hydrogen) atoms. The lowest BCUT2D eigenvalue weighted by molar-refractivity contribution is 0.0252. The summed E-state index contributed by atoms with van der Waals surface area (Å²) in [7, 11) is 1.43. The van der Waals surface area contributed by atoms with Crippen molar-refractivity contribution in [2.75, 3.05) is 20.3 Å². The van der Waals surface area contributed by atoms with E-state index in [1.54, 1.807) is 4.68 Å². The molecule has 2 atom stereocenters. The number of hydrogen-bond donors (Lipinski definition) is 5. The second kappa shape index (κ2) is 12.5. The average molecular weight is 725 g/mol. The molecule has 2 bridgehead atoms. The number of hydrogen-bond acceptors (Lipinski definition) is 11. The number of nitrogens with one attached hydrogen (secondary N) is 3. The van der Waals surface area contributed by atoms with Crippen LogP contribution < -0.4 is 16.3 Å². The number of benzene rings is 1. The van der Waals surface area contributed by atoms with Crippen molar-refractivity contribution in [3.05, 3.63) is 68.7 Å². The van der Waals surface area contributed by atoms with Gasteiger partial charge < -0.3 is 29.7 Å². The van der Waals surface area contributed by atoms with Gasteiger partial charge in [0.1, 0.15) is 17.9 Å². The number of aliphatic hydroxyl groups is 2. The van der Waals surface area contributed by atoms with E-state index in [4.69, 9.17) is 14.2 Å². The van der Waals surface area contributed by atoms with Gasteiger partial charge >= 0.3 is 6.09 Å². The van der Waals surface area contributed by atoms with E-state index >= 15 is 0 Å². The SMILES string of the molecule is COC1=C(N2CC(c3ccc(Br)c(F)c3F)NN2)C(O)=C(CO)O[C@@H]1Cn1cc(C23CCC(NC(=O)OC(C)(C)C)(CC2)CC3)nn1. The average Bonchev–Trinajstić information content (AvgIpc) is 3.71. The number of ether oxygens (including phenoxy) is 3. The molecule has 1 saturated heterocycles. The lowest BCUT2D eigenvalue weighted by Gasteiger charge is -2.52. The molecule has 4 fully saturated rings. The summed E-state index contributed by atoms with van der Waals surface area (Å²) in [5.41, 5.74) is 5.93. The molecular weight excluding hydrogens is 684 g/mol. The third-order valence-corrected chi connectivity index (χ3v) is 10.2. The molecule has 7 rings (SSSR count). The summed E-state index contributed by atoms with van der Waals surface area (Å²) in [5, 5.41) is 34.7. The van der Waals surface area contributed by atoms with Gasteiger partial charge in [-0.3, -0.25) is 5.01 Å². The first-order valence-corrected chi connectivity index (χ1v) is 16.4. The zero-order valence-corrected chi connectivity index (χ0v) is 28.3. The monoisotopic (exact) mass is 723 g/mol. The van der Waals surface area contributed by atoms with Crippen LogP contribution in [0.5, 0.6) is 0 Å². The summed E-state index contributed by atoms with van der Waals surface area (Å²) < 4.78 is 47.9. The van der Waals surface area contributed by atoms with Gasteiger partial charge in [0, 0.05) is 22.7 Å². The Morgan fingerprint density at radius 2 is 1.89 bits per heavy atom. The first kappa shape index (κ1) is 33.4. The maximum absolute atomic E-state index is 14.8. The zero-order valence-electron chi connectivity index (χ0n) is 26.7. The summed E-state index contributed by atoms with van der Waals surface area (Å²) in [4.78, 5) is 12.5. The number of alkyl carbamates (subject to hydrolysis) is 1. The van der Waals surface area contributed by atoms with Crippen molar-refractivity contribution in [2.24, 2.45) is 0 Å². The normalized spacial score (nSPS) is 27.7. The van der Waals surface area contributed by atoms with Crippen molar-refractivity contribution in [2.45, 2.75) is 94.5 Å². The molecule has 13 nitrogen and oxygen atoms in total. The van der Waals surface area contributed by atoms with Crippen LogP contribution in [-0.4, -0.2) is 73.8 Å². The van der Waals surface area contributed by atoms with Crippen molar-refractivity contribution in [3.8, 4) is 0 Å². The van der Waals surface area contributed by atoms with Gasteiger partial charge in [-0.25, -0.2) is 23.7 Å². The fourth-order valence-electron chi connectivity index (χ4n) is 7.04. The molecule has 0 spiro atoms. The highest BCUT2D eigenvalue weighted by Gasteiger charge is 2.52. The molecule has 1 unspecified atom stereocenters. The van der Waals surface area contributed by atoms with E-state index in [0.717, 1.165) is 44.2 Å². The Kier molecular flexibility index (Phi) is 8.91. The molecule has 0 radical (unpaired) electrons. The van der Waals surface area contributed by atoms with Crippen molar-refractivity contribution in [3.63, 3.8) is 0 Å². The zero-order chi connectivity index (χ0) is 33.7. The van der Waals surface area contributed by atoms with Crippen molar-refractivity contribution >= 4 is 22.0 Å². The van der Waals surface area contributed by atoms with Crippen LogP contribution in [0.3, 0.4) is 0 Å². The van der Waals surface area contributed by atoms with Gasteiger partial charge in [0.15, 0.2) is 35.0 Å². The van der Waals surface area contributed by atoms with Gasteiger partial charge in [0.2, 0.25) is 0 Å². The number of rotatable bonds is 8. The summed E-state index contributed by atoms with van der Waals surface area (Å²) in [5.74, 6) is -2.19. The van der Waals surface area contributed by atoms with E-state index in [9.17, 15) is 23.8 Å². The largest absolute Gasteiger partial charge is 0.503 e. The molecule has 3 saturated carbocycles. The summed E-state index contributed by atoms with van der Waals surface area (Å²) >= 11 is 3.00. The molecular formula is C31H40BrF2N7O6. The lowest BCUT2D eigenvalue weighted by atomic mass is 9.56. The summed E-state index contributed by atoms with van der Waals surface area (Å²) in [6.45, 7) is 5.18. The number of fused-ring (bicyclic) bond motifs is 3. The maximum atomic E-state index is 14.8. The quantitative estimate of drug-likeness (QED) is 0.248. The van der Waals surface area contributed by atoms with Crippen LogP contribution in [0.4, 0.5) is 13.6 Å². The van der Waals surface area contributed by atoms with Crippen molar-refractivity contribution < 1.29 is 38.0 Å². The number of carbonyl (C=O) groups excluding carboxylic acids is 1. The highest BCUT2D eigenvalue weighted by atomic mass is 79.9. The third kappa shape index (κ3) is 6.39. The van der Waals surface area contributed by atoms with E-state index < -0.39 is 36.0 Å². The first-order valence-electron chi connectivity index (χ1n) is 15.6. The summed E-state index contributed by atoms with van der Waals surface area (Å²) in [6, 6.07) is 2.21. The Bertz CT molecular complexity index is 1580. The van der Waals surface area contributed by atoms with Crippen LogP contribution in [0.1, 0.15) is 76.6 Å². The van der Waals surface area contributed by atoms with Crippen LogP contribution in [0.15, 0.2) is 45.8 Å². The standard InChI is InChI=1S/C31H40BrF2N7O6/c1-29(2,3)47-28(44)35-31-10-7-30(8-11-31,9-12-31)22-15-40(38-37-22)14-20-27(45-4)25(26(43)21(16-42)46-20)41-13-19(36-39-41)17-5-6-18(32)24(34)23(17)33/h5-6,15,19-20,36,39,42-43H,7-14,16H2,1-4H3,(H,35,44)/t19?,20-,30?,31?/m1/s1. The highest BCUT2D eigenvalue weighted by Crippen LogP contribution is 2.53. The van der Waals surface area contributed by atoms with Gasteiger partial charge in [0.05, 0.1) is 36.4 Å². The van der Waals surface area contributed by atoms with E-state index in [2.05, 4.69) is 42.5 Å². The minimum absolute atomic E-state index is 0.0116. The molecule has 1 aromatic heterocycles. The molecule has 256 valence electrons. The lowest BCUT2D eigenvalue weighted by Crippen LogP contribution is -2.58. The van der Waals surface area contributed by atoms with Gasteiger partial charge in [-0.2, -0.15) is 5.53 Å². The molecule has 5 N–H and O–H groups in total. The van der Waals surface area contributed by atoms with Gasteiger partial charge in [0.25, 0.3) is 0 Å². The van der Waals surface area contributed by atoms with Crippen LogP contribution >= 0.6 is 15.9 Å². The number of aromatic nitrogens is 3. The first-order chi connectivity index (χ1) is 22.3. The fraction of sp³-hybridized carbons (Fsp3) is 0.581. The number of methoxy groups -OCH3 is 1. The Labute approximate surface area is 279 Å². The van der Waals surface area contributed by atoms with Crippen molar-refractivity contribution in [1.82, 2.24) is 36.3 Å². The second-order valence-electron chi connectivity index (χ2n) is 13.7. The van der Waals surface area contributed by atoms with Crippen molar-refractivity contribution in [1.29, 1.82) is 0 Å². The van der Waals surface area contributed by atoms with Crippen LogP contribution in [-0.2, 0) is 26.2 Å². The van der Waals surface area contributed by atoms with Crippen LogP contribution in [0.25, 0.3) is 0 Å². The number of nitrogens with zero attached hydrogens (tertiary/aromatic N) is 4. The Balaban J connectivity index is 1.18. The van der Waals surface area contributed by atoms with Crippen LogP contribution in [0.2, 0.25) is 0 Å². The van der Waals surface area contributed by atoms with Crippen LogP contribution in [0, 0.1) is 11.6 Å². The second-order valence-corrected chi connectivity index (χ2v) is 14.5. The topological polar surface area (TPSA) is 155 Å². The Morgan fingerprint density at radius 1 is 1.19 bits per heavy atom. The number of hydrazine groups is 2. The molecule has 1 aromatic carbocycles. The minimum Gasteiger partial charge on any atom is -0.503 e. The van der Waals surface area contributed by atoms with E-state index in [0.29, 0.717) is 0 Å². The number of amides is 1. The Hall–Kier alpha value is -3.47. The van der Waals surface area contributed by atoms with E-state index in [-0.39, 0.29) is 63.1 Å². The van der Waals surface area contributed by atoms with Gasteiger partial charge in [-0.05, 0) is 81.3 Å². The molecule has 2 aromatic rings. The molecule has 3 heterocycles. The van der Waals surface area contributed by atoms with E-state index in [1.165, 1.54) is 24.3 Å². The smallest absolute Gasteiger partial charge is 0.408 e. The highest BCUT2D eigenvalue weighted by molar-refractivity contribution is 9.10. The molecule has 16 heteroatoms. The predicted molar refractivity (Wildman–Crippen MR) is 167 cm³/mol. The third-order valence-electron chi connectivity index (χ3n) is 9.56. The van der Waals surface area contributed by atoms with Gasteiger partial charge in [-0.15, -0.1) is 5.10 Å². The number of aliphatic hydroxyl groups excluding tert-OH is 2. The number of carbonyl (C=O) groups is 1. The number of halogens is 3. The van der Waals surface area contributed by atoms with E-state index in [1.807, 2.05) is 27.0 Å². The maximum Gasteiger partial charge on any atom is 0.408 e. The van der Waals surface area contributed by atoms with Gasteiger partial charge in [-0.1, -0.05) is 11.3 Å². The fourth-order valence-corrected chi connectivity index (χ4v) is 7.35. The summed E-state index contributed by atoms with van der Waals surface area (Å²) in [6.07, 6.45) is 5.65. The molecule has 5 aliphatic rings. The molecule has 1 amide bonds. The Morgan fingerprint density at radius 3 is 2.53 bits per heavy atom. The molecule has 2 aliphatic heterocycles.